The normalized spacial score (nSPS) is 16.9. The smallest absolute Gasteiger partial charge is 0.205 e. The number of benzene rings is 3. The maximum absolute atomic E-state index is 13.2. The molecule has 2 heterocycles. The first-order chi connectivity index (χ1) is 16.5. The van der Waals surface area contributed by atoms with Gasteiger partial charge in [0.1, 0.15) is 12.0 Å². The summed E-state index contributed by atoms with van der Waals surface area (Å²) in [4.78, 5) is 13.2. The second-order valence-electron chi connectivity index (χ2n) is 7.79. The highest BCUT2D eigenvalue weighted by molar-refractivity contribution is 5.88. The first-order valence-electron chi connectivity index (χ1n) is 10.6. The molecule has 4 aromatic rings. The summed E-state index contributed by atoms with van der Waals surface area (Å²) in [7, 11) is 3.03. The third kappa shape index (κ3) is 3.58. The van der Waals surface area contributed by atoms with Crippen LogP contribution in [0.5, 0.6) is 28.7 Å². The second-order valence-corrected chi connectivity index (χ2v) is 7.79. The Kier molecular flexibility index (Phi) is 5.51. The van der Waals surface area contributed by atoms with Gasteiger partial charge >= 0.3 is 0 Å². The number of hydrogen-bond acceptors (Lipinski definition) is 8. The van der Waals surface area contributed by atoms with Crippen molar-refractivity contribution in [3.05, 3.63) is 76.6 Å². The summed E-state index contributed by atoms with van der Waals surface area (Å²) < 4.78 is 28.4. The monoisotopic (exact) mass is 462 g/mol. The quantitative estimate of drug-likeness (QED) is 0.457. The zero-order valence-electron chi connectivity index (χ0n) is 18.5. The number of phenols is 1. The summed E-state index contributed by atoms with van der Waals surface area (Å²) in [5.41, 5.74) is 1.76. The van der Waals surface area contributed by atoms with E-state index in [0.29, 0.717) is 33.6 Å². The Balaban J connectivity index is 1.56. The van der Waals surface area contributed by atoms with E-state index in [1.165, 1.54) is 19.4 Å². The van der Waals surface area contributed by atoms with Crippen molar-refractivity contribution in [1.29, 1.82) is 0 Å². The summed E-state index contributed by atoms with van der Waals surface area (Å²) in [6, 6.07) is 15.2. The van der Waals surface area contributed by atoms with Gasteiger partial charge in [-0.1, -0.05) is 18.2 Å². The van der Waals surface area contributed by atoms with Crippen LogP contribution in [0.4, 0.5) is 0 Å². The Labute approximate surface area is 194 Å². The van der Waals surface area contributed by atoms with Crippen LogP contribution >= 0.6 is 0 Å². The second kappa shape index (κ2) is 8.64. The van der Waals surface area contributed by atoms with Gasteiger partial charge in [-0.15, -0.1) is 0 Å². The summed E-state index contributed by atoms with van der Waals surface area (Å²) >= 11 is 0. The van der Waals surface area contributed by atoms with E-state index in [9.17, 15) is 15.0 Å². The molecule has 0 bridgehead atoms. The molecule has 2 unspecified atom stereocenters. The molecular weight excluding hydrogens is 440 g/mol. The Morgan fingerprint density at radius 3 is 2.47 bits per heavy atom. The fourth-order valence-corrected chi connectivity index (χ4v) is 4.04. The van der Waals surface area contributed by atoms with Gasteiger partial charge in [-0.3, -0.25) is 4.79 Å². The van der Waals surface area contributed by atoms with Gasteiger partial charge in [0.25, 0.3) is 0 Å². The highest BCUT2D eigenvalue weighted by Gasteiger charge is 2.35. The van der Waals surface area contributed by atoms with E-state index < -0.39 is 12.2 Å². The minimum atomic E-state index is -0.779. The average Bonchev–Trinajstić information content (AvgIpc) is 2.88. The Morgan fingerprint density at radius 2 is 1.76 bits per heavy atom. The number of aliphatic hydroxyl groups is 1. The van der Waals surface area contributed by atoms with Crippen molar-refractivity contribution in [2.45, 2.75) is 12.2 Å². The number of rotatable bonds is 5. The predicted molar refractivity (Wildman–Crippen MR) is 124 cm³/mol. The van der Waals surface area contributed by atoms with Crippen LogP contribution in [0.15, 0.2) is 70.1 Å². The molecule has 0 aliphatic carbocycles. The molecule has 0 radical (unpaired) electrons. The van der Waals surface area contributed by atoms with Crippen LogP contribution in [0, 0.1) is 0 Å². The van der Waals surface area contributed by atoms with Gasteiger partial charge in [0, 0.05) is 5.56 Å². The fourth-order valence-electron chi connectivity index (χ4n) is 4.04. The van der Waals surface area contributed by atoms with Gasteiger partial charge in [0.05, 0.1) is 31.8 Å². The maximum Gasteiger partial charge on any atom is 0.205 e. The largest absolute Gasteiger partial charge is 0.504 e. The molecule has 1 aliphatic rings. The van der Waals surface area contributed by atoms with E-state index in [0.717, 1.165) is 0 Å². The van der Waals surface area contributed by atoms with Crippen molar-refractivity contribution in [3.63, 3.8) is 0 Å². The lowest BCUT2D eigenvalue weighted by atomic mass is 10.0. The SMILES string of the molecule is COc1ccc(-c2coc3c4c(ccc3c2=O)OC(c2ccc(O)c(OC)c2)C(CO)O4)cc1. The highest BCUT2D eigenvalue weighted by Crippen LogP contribution is 2.44. The van der Waals surface area contributed by atoms with Crippen LogP contribution in [-0.2, 0) is 0 Å². The predicted octanol–water partition coefficient (Wildman–Crippen LogP) is 4.06. The summed E-state index contributed by atoms with van der Waals surface area (Å²) in [5.74, 6) is 1.57. The van der Waals surface area contributed by atoms with Crippen LogP contribution in [0.1, 0.15) is 11.7 Å². The van der Waals surface area contributed by atoms with Gasteiger partial charge in [-0.25, -0.2) is 0 Å². The van der Waals surface area contributed by atoms with E-state index in [2.05, 4.69) is 0 Å². The van der Waals surface area contributed by atoms with Crippen molar-refractivity contribution in [2.24, 2.45) is 0 Å². The topological polar surface area (TPSA) is 108 Å². The number of fused-ring (bicyclic) bond motifs is 3. The van der Waals surface area contributed by atoms with Crippen LogP contribution < -0.4 is 24.4 Å². The number of hydrogen-bond donors (Lipinski definition) is 2. The molecule has 1 aromatic heterocycles. The first-order valence-corrected chi connectivity index (χ1v) is 10.6. The van der Waals surface area contributed by atoms with E-state index in [-0.39, 0.29) is 34.9 Å². The molecule has 2 N–H and O–H groups in total. The molecule has 0 fully saturated rings. The van der Waals surface area contributed by atoms with Crippen molar-refractivity contribution < 1.29 is 33.6 Å². The Hall–Kier alpha value is -4.17. The lowest BCUT2D eigenvalue weighted by molar-refractivity contribution is -0.0118. The van der Waals surface area contributed by atoms with E-state index in [1.807, 2.05) is 0 Å². The average molecular weight is 462 g/mol. The lowest BCUT2D eigenvalue weighted by Crippen LogP contribution is -2.36. The molecule has 5 rings (SSSR count). The molecule has 2 atom stereocenters. The molecule has 0 spiro atoms. The highest BCUT2D eigenvalue weighted by atomic mass is 16.6. The first kappa shape index (κ1) is 21.7. The van der Waals surface area contributed by atoms with Crippen molar-refractivity contribution in [2.75, 3.05) is 20.8 Å². The fraction of sp³-hybridized carbons (Fsp3) is 0.192. The Morgan fingerprint density at radius 1 is 0.971 bits per heavy atom. The van der Waals surface area contributed by atoms with Crippen LogP contribution in [0.25, 0.3) is 22.1 Å². The van der Waals surface area contributed by atoms with Gasteiger partial charge in [0.15, 0.2) is 35.0 Å². The molecule has 0 saturated heterocycles. The minimum Gasteiger partial charge on any atom is -0.504 e. The molecule has 0 amide bonds. The van der Waals surface area contributed by atoms with Crippen molar-refractivity contribution in [3.8, 4) is 39.9 Å². The maximum atomic E-state index is 13.2. The minimum absolute atomic E-state index is 0.00985. The zero-order chi connectivity index (χ0) is 23.8. The third-order valence-electron chi connectivity index (χ3n) is 5.83. The summed E-state index contributed by atoms with van der Waals surface area (Å²) in [6.45, 7) is -0.349. The number of phenolic OH excluding ortho intramolecular Hbond substituents is 1. The molecule has 174 valence electrons. The van der Waals surface area contributed by atoms with Gasteiger partial charge in [0.2, 0.25) is 11.2 Å². The molecule has 1 aliphatic heterocycles. The Bertz CT molecular complexity index is 1410. The number of ether oxygens (including phenoxy) is 4. The van der Waals surface area contributed by atoms with Gasteiger partial charge < -0.3 is 33.6 Å². The molecule has 8 heteroatoms. The van der Waals surface area contributed by atoms with Gasteiger partial charge in [-0.05, 0) is 42.0 Å². The summed E-state index contributed by atoms with van der Waals surface area (Å²) in [6.07, 6.45) is -0.0604. The van der Waals surface area contributed by atoms with Crippen molar-refractivity contribution >= 4 is 11.0 Å². The van der Waals surface area contributed by atoms with Crippen LogP contribution in [0.2, 0.25) is 0 Å². The standard InChI is InChI=1S/C26H22O8/c1-30-16-6-3-14(4-7-16)18-13-32-25-17(23(18)29)8-10-20-26(25)34-22(12-27)24(33-20)15-5-9-19(28)21(11-15)31-2/h3-11,13,22,24,27-28H,12H2,1-2H3. The van der Waals surface area contributed by atoms with Crippen LogP contribution in [0.3, 0.4) is 0 Å². The van der Waals surface area contributed by atoms with Crippen LogP contribution in [-0.4, -0.2) is 37.1 Å². The van der Waals surface area contributed by atoms with Crippen molar-refractivity contribution in [1.82, 2.24) is 0 Å². The molecule has 3 aromatic carbocycles. The summed E-state index contributed by atoms with van der Waals surface area (Å²) in [5, 5.41) is 20.2. The number of aliphatic hydroxyl groups excluding tert-OH is 1. The van der Waals surface area contributed by atoms with E-state index in [1.54, 1.807) is 55.6 Å². The van der Waals surface area contributed by atoms with E-state index in [4.69, 9.17) is 23.4 Å². The third-order valence-corrected chi connectivity index (χ3v) is 5.83. The number of methoxy groups -OCH3 is 2. The lowest BCUT2D eigenvalue weighted by Gasteiger charge is -2.33. The van der Waals surface area contributed by atoms with E-state index >= 15 is 0 Å². The zero-order valence-corrected chi connectivity index (χ0v) is 18.5. The number of aromatic hydroxyl groups is 1. The molecular formula is C26H22O8. The van der Waals surface area contributed by atoms with Gasteiger partial charge in [-0.2, -0.15) is 0 Å². The molecule has 8 nitrogen and oxygen atoms in total. The molecule has 0 saturated carbocycles. The molecule has 34 heavy (non-hydrogen) atoms.